The van der Waals surface area contributed by atoms with E-state index in [-0.39, 0.29) is 12.4 Å². The highest BCUT2D eigenvalue weighted by Gasteiger charge is 2.10. The number of nitrogens with two attached hydrogens (primary N) is 1. The first-order valence-corrected chi connectivity index (χ1v) is 9.61. The first-order valence-electron chi connectivity index (χ1n) is 9.61. The van der Waals surface area contributed by atoms with Crippen molar-refractivity contribution in [3.63, 3.8) is 0 Å². The lowest BCUT2D eigenvalue weighted by molar-refractivity contribution is -0.676. The normalized spacial score (nSPS) is 11.7. The van der Waals surface area contributed by atoms with Crippen molar-refractivity contribution in [1.29, 1.82) is 0 Å². The summed E-state index contributed by atoms with van der Waals surface area (Å²) in [5.41, 5.74) is 2.40. The zero-order valence-corrected chi connectivity index (χ0v) is 16.5. The molecule has 0 saturated heterocycles. The van der Waals surface area contributed by atoms with Gasteiger partial charge >= 0.3 is 0 Å². The number of aliphatic hydroxyl groups is 1. The Hall–Kier alpha value is -3.15. The van der Waals surface area contributed by atoms with Crippen LogP contribution in [0.5, 0.6) is 11.5 Å². The molecule has 1 atom stereocenters. The number of ketones is 1. The molecule has 0 aliphatic carbocycles. The highest BCUT2D eigenvalue weighted by Crippen LogP contribution is 2.16. The van der Waals surface area contributed by atoms with Gasteiger partial charge in [-0.1, -0.05) is 42.5 Å². The standard InChI is InChI=1S/C24H25NO4/c1-28-23-9-5-6-18(14-23)15-25-16-21(26)17-29-22-12-10-20(11-13-22)24(27)19-7-3-2-4-8-19/h2-14,21,25-26H,15-17H2,1H3/p+1/t21-/m0/s1. The highest BCUT2D eigenvalue weighted by atomic mass is 16.5. The van der Waals surface area contributed by atoms with Crippen molar-refractivity contribution in [2.75, 3.05) is 20.3 Å². The van der Waals surface area contributed by atoms with Crippen LogP contribution in [0.25, 0.3) is 0 Å². The minimum atomic E-state index is -0.591. The molecule has 0 radical (unpaired) electrons. The quantitative estimate of drug-likeness (QED) is 0.520. The number of hydrogen-bond acceptors (Lipinski definition) is 4. The number of aliphatic hydroxyl groups excluding tert-OH is 1. The molecular weight excluding hydrogens is 366 g/mol. The van der Waals surface area contributed by atoms with E-state index < -0.39 is 6.10 Å². The van der Waals surface area contributed by atoms with Gasteiger partial charge in [-0.15, -0.1) is 0 Å². The van der Waals surface area contributed by atoms with Crippen LogP contribution in [0.2, 0.25) is 0 Å². The summed E-state index contributed by atoms with van der Waals surface area (Å²) in [5.74, 6) is 1.43. The van der Waals surface area contributed by atoms with Gasteiger partial charge in [-0.25, -0.2) is 0 Å². The van der Waals surface area contributed by atoms with E-state index in [4.69, 9.17) is 9.47 Å². The van der Waals surface area contributed by atoms with Gasteiger partial charge in [0.15, 0.2) is 5.78 Å². The van der Waals surface area contributed by atoms with Gasteiger partial charge in [0.05, 0.1) is 7.11 Å². The molecule has 0 aromatic heterocycles. The van der Waals surface area contributed by atoms with Crippen LogP contribution < -0.4 is 14.8 Å². The van der Waals surface area contributed by atoms with E-state index in [1.807, 2.05) is 47.8 Å². The lowest BCUT2D eigenvalue weighted by Crippen LogP contribution is -2.85. The lowest BCUT2D eigenvalue weighted by Gasteiger charge is -2.12. The van der Waals surface area contributed by atoms with Crippen LogP contribution in [0, 0.1) is 0 Å². The van der Waals surface area contributed by atoms with E-state index in [0.717, 1.165) is 17.9 Å². The van der Waals surface area contributed by atoms with E-state index in [0.29, 0.717) is 23.4 Å². The van der Waals surface area contributed by atoms with Gasteiger partial charge in [0.2, 0.25) is 0 Å². The number of benzene rings is 3. The van der Waals surface area contributed by atoms with Gasteiger partial charge in [0.25, 0.3) is 0 Å². The molecule has 3 aromatic rings. The first kappa shape index (κ1) is 20.6. The molecule has 29 heavy (non-hydrogen) atoms. The van der Waals surface area contributed by atoms with Crippen LogP contribution in [0.15, 0.2) is 78.9 Å². The van der Waals surface area contributed by atoms with E-state index >= 15 is 0 Å². The van der Waals surface area contributed by atoms with Crippen LogP contribution in [0.1, 0.15) is 21.5 Å². The van der Waals surface area contributed by atoms with E-state index in [9.17, 15) is 9.90 Å². The second kappa shape index (κ2) is 10.4. The number of carbonyl (C=O) groups is 1. The lowest BCUT2D eigenvalue weighted by atomic mass is 10.0. The summed E-state index contributed by atoms with van der Waals surface area (Å²) in [7, 11) is 1.65. The summed E-state index contributed by atoms with van der Waals surface area (Å²) in [6.45, 7) is 1.48. The largest absolute Gasteiger partial charge is 0.497 e. The Morgan fingerprint density at radius 1 is 0.931 bits per heavy atom. The molecule has 5 nitrogen and oxygen atoms in total. The van der Waals surface area contributed by atoms with Crippen LogP contribution in [-0.2, 0) is 6.54 Å². The van der Waals surface area contributed by atoms with Crippen molar-refractivity contribution in [2.45, 2.75) is 12.6 Å². The molecule has 150 valence electrons. The van der Waals surface area contributed by atoms with E-state index in [1.54, 1.807) is 43.5 Å². The summed E-state index contributed by atoms with van der Waals surface area (Å²) in [5, 5.41) is 12.2. The Balaban J connectivity index is 1.43. The topological polar surface area (TPSA) is 72.4 Å². The summed E-state index contributed by atoms with van der Waals surface area (Å²) in [4.78, 5) is 12.4. The molecular formula is C24H26NO4+. The Bertz CT molecular complexity index is 910. The molecule has 0 aliphatic heterocycles. The molecule has 3 N–H and O–H groups in total. The maximum atomic E-state index is 12.4. The summed E-state index contributed by atoms with van der Waals surface area (Å²) in [6, 6.07) is 24.0. The highest BCUT2D eigenvalue weighted by molar-refractivity contribution is 6.08. The third kappa shape index (κ3) is 6.17. The Labute approximate surface area is 170 Å². The molecule has 3 rings (SSSR count). The Morgan fingerprint density at radius 2 is 1.66 bits per heavy atom. The third-order valence-electron chi connectivity index (χ3n) is 4.55. The Kier molecular flexibility index (Phi) is 7.39. The third-order valence-corrected chi connectivity index (χ3v) is 4.55. The number of quaternary nitrogens is 1. The summed E-state index contributed by atoms with van der Waals surface area (Å²) in [6.07, 6.45) is -0.591. The number of carbonyl (C=O) groups excluding carboxylic acids is 1. The number of ether oxygens (including phenoxy) is 2. The second-order valence-corrected chi connectivity index (χ2v) is 6.76. The maximum Gasteiger partial charge on any atom is 0.193 e. The molecule has 0 saturated carbocycles. The van der Waals surface area contributed by atoms with Crippen molar-refractivity contribution in [3.8, 4) is 11.5 Å². The van der Waals surface area contributed by atoms with Gasteiger partial charge in [-0.05, 0) is 36.4 Å². The average Bonchev–Trinajstić information content (AvgIpc) is 2.78. The number of hydrogen-bond donors (Lipinski definition) is 2. The fraction of sp³-hybridized carbons (Fsp3) is 0.208. The van der Waals surface area contributed by atoms with Crippen molar-refractivity contribution >= 4 is 5.78 Å². The zero-order valence-electron chi connectivity index (χ0n) is 16.5. The molecule has 0 bridgehead atoms. The van der Waals surface area contributed by atoms with Gasteiger partial charge < -0.3 is 19.9 Å². The fourth-order valence-corrected chi connectivity index (χ4v) is 2.96. The molecule has 0 unspecified atom stereocenters. The fourth-order valence-electron chi connectivity index (χ4n) is 2.96. The van der Waals surface area contributed by atoms with E-state index in [1.165, 1.54) is 0 Å². The minimum Gasteiger partial charge on any atom is -0.497 e. The summed E-state index contributed by atoms with van der Waals surface area (Å²) < 4.78 is 10.9. The van der Waals surface area contributed by atoms with Gasteiger partial charge in [0.1, 0.15) is 37.3 Å². The monoisotopic (exact) mass is 392 g/mol. The van der Waals surface area contributed by atoms with Crippen molar-refractivity contribution < 1.29 is 24.7 Å². The maximum absolute atomic E-state index is 12.4. The molecule has 0 spiro atoms. The SMILES string of the molecule is COc1cccc(C[NH2+]C[C@H](O)COc2ccc(C(=O)c3ccccc3)cc2)c1. The smallest absolute Gasteiger partial charge is 0.193 e. The van der Waals surface area contributed by atoms with Gasteiger partial charge in [0, 0.05) is 16.7 Å². The second-order valence-electron chi connectivity index (χ2n) is 6.76. The van der Waals surface area contributed by atoms with Crippen LogP contribution in [0.3, 0.4) is 0 Å². The predicted molar refractivity (Wildman–Crippen MR) is 111 cm³/mol. The van der Waals surface area contributed by atoms with Crippen molar-refractivity contribution in [1.82, 2.24) is 0 Å². The molecule has 0 amide bonds. The zero-order chi connectivity index (χ0) is 20.5. The van der Waals surface area contributed by atoms with E-state index in [2.05, 4.69) is 0 Å². The van der Waals surface area contributed by atoms with Crippen molar-refractivity contribution in [3.05, 3.63) is 95.6 Å². The van der Waals surface area contributed by atoms with Crippen LogP contribution in [0.4, 0.5) is 0 Å². The molecule has 0 heterocycles. The van der Waals surface area contributed by atoms with Crippen molar-refractivity contribution in [2.24, 2.45) is 0 Å². The van der Waals surface area contributed by atoms with Crippen LogP contribution >= 0.6 is 0 Å². The molecule has 3 aromatic carbocycles. The predicted octanol–water partition coefficient (Wildman–Crippen LogP) is 2.43. The van der Waals surface area contributed by atoms with Crippen LogP contribution in [-0.4, -0.2) is 37.3 Å². The minimum absolute atomic E-state index is 0.0238. The number of methoxy groups -OCH3 is 1. The molecule has 0 fully saturated rings. The molecule has 0 aliphatic rings. The number of rotatable bonds is 10. The first-order chi connectivity index (χ1) is 14.2. The average molecular weight is 392 g/mol. The van der Waals surface area contributed by atoms with Gasteiger partial charge in [-0.3, -0.25) is 4.79 Å². The Morgan fingerprint density at radius 3 is 2.38 bits per heavy atom. The van der Waals surface area contributed by atoms with Gasteiger partial charge in [-0.2, -0.15) is 0 Å². The molecule has 5 heteroatoms. The summed E-state index contributed by atoms with van der Waals surface area (Å²) >= 11 is 0.